The molecule has 160 valence electrons. The zero-order valence-corrected chi connectivity index (χ0v) is 15.4. The van der Waals surface area contributed by atoms with Crippen LogP contribution in [0.1, 0.15) is 49.2 Å². The SMILES string of the molecule is [2H]C([2H])([2H])C([2H])([2H])C1CC(NC(=O)OCc2ccccc2)c2cc(C(F)(F)F)ccc2N1C(=O)O. The van der Waals surface area contributed by atoms with E-state index in [9.17, 15) is 27.9 Å². The van der Waals surface area contributed by atoms with Crippen molar-refractivity contribution in [3.8, 4) is 0 Å². The smallest absolute Gasteiger partial charge is 0.416 e. The largest absolute Gasteiger partial charge is 0.465 e. The van der Waals surface area contributed by atoms with Gasteiger partial charge in [-0.3, -0.25) is 4.90 Å². The number of nitrogens with zero attached hydrogens (tertiary/aromatic N) is 1. The summed E-state index contributed by atoms with van der Waals surface area (Å²) >= 11 is 0. The Hall–Kier alpha value is -3.23. The van der Waals surface area contributed by atoms with Crippen molar-refractivity contribution in [3.63, 3.8) is 0 Å². The second kappa shape index (κ2) is 8.64. The second-order valence-electron chi connectivity index (χ2n) is 6.58. The monoisotopic (exact) mass is 427 g/mol. The lowest BCUT2D eigenvalue weighted by atomic mass is 9.89. The zero-order valence-electron chi connectivity index (χ0n) is 20.4. The van der Waals surface area contributed by atoms with Crippen molar-refractivity contribution < 1.29 is 39.5 Å². The lowest BCUT2D eigenvalue weighted by molar-refractivity contribution is -0.137. The summed E-state index contributed by atoms with van der Waals surface area (Å²) in [5.41, 5.74) is -1.14. The number of alkyl halides is 3. The number of anilines is 1. The highest BCUT2D eigenvalue weighted by Crippen LogP contribution is 2.41. The second-order valence-corrected chi connectivity index (χ2v) is 6.58. The first-order valence-corrected chi connectivity index (χ1v) is 8.83. The standard InChI is InChI=1S/C21H21F3N2O4/c1-2-15-11-17(25-19(27)30-12-13-6-4-3-5-7-13)16-10-14(21(22,23)24)8-9-18(16)26(15)20(28)29/h3-10,15,17H,2,11-12H2,1H3,(H,25,27)(H,28,29)/i1D3,2D2. The molecule has 1 heterocycles. The van der Waals surface area contributed by atoms with E-state index in [1.807, 2.05) is 0 Å². The lowest BCUT2D eigenvalue weighted by Gasteiger charge is -2.39. The number of alkyl carbamates (subject to hydrolysis) is 1. The van der Waals surface area contributed by atoms with Crippen LogP contribution in [0.4, 0.5) is 28.4 Å². The maximum absolute atomic E-state index is 13.4. The third-order valence-electron chi connectivity index (χ3n) is 4.64. The van der Waals surface area contributed by atoms with Crippen molar-refractivity contribution in [3.05, 3.63) is 65.2 Å². The van der Waals surface area contributed by atoms with Gasteiger partial charge in [-0.25, -0.2) is 9.59 Å². The first-order valence-electron chi connectivity index (χ1n) is 11.3. The Kier molecular flexibility index (Phi) is 4.49. The quantitative estimate of drug-likeness (QED) is 0.690. The van der Waals surface area contributed by atoms with E-state index in [1.54, 1.807) is 30.3 Å². The number of carboxylic acid groups (broad SMARTS) is 1. The molecule has 0 spiro atoms. The normalized spacial score (nSPS) is 21.8. The number of fused-ring (bicyclic) bond motifs is 1. The van der Waals surface area contributed by atoms with Crippen molar-refractivity contribution in [1.82, 2.24) is 5.32 Å². The molecular formula is C21H21F3N2O4. The maximum Gasteiger partial charge on any atom is 0.416 e. The molecule has 0 aliphatic carbocycles. The van der Waals surface area contributed by atoms with Gasteiger partial charge in [0.25, 0.3) is 0 Å². The van der Waals surface area contributed by atoms with Crippen LogP contribution < -0.4 is 10.2 Å². The molecule has 1 aliphatic heterocycles. The van der Waals surface area contributed by atoms with E-state index in [-0.39, 0.29) is 17.9 Å². The molecule has 2 atom stereocenters. The van der Waals surface area contributed by atoms with Gasteiger partial charge in [0.2, 0.25) is 0 Å². The molecular weight excluding hydrogens is 401 g/mol. The van der Waals surface area contributed by atoms with Crippen LogP contribution in [0.5, 0.6) is 0 Å². The predicted molar refractivity (Wildman–Crippen MR) is 103 cm³/mol. The van der Waals surface area contributed by atoms with E-state index in [0.29, 0.717) is 22.6 Å². The van der Waals surface area contributed by atoms with Crippen LogP contribution >= 0.6 is 0 Å². The molecule has 2 unspecified atom stereocenters. The van der Waals surface area contributed by atoms with E-state index < -0.39 is 55.7 Å². The minimum absolute atomic E-state index is 0.171. The number of hydrogen-bond acceptors (Lipinski definition) is 3. The molecule has 0 saturated heterocycles. The Morgan fingerprint density at radius 2 is 2.03 bits per heavy atom. The van der Waals surface area contributed by atoms with E-state index >= 15 is 0 Å². The van der Waals surface area contributed by atoms with Crippen molar-refractivity contribution in [1.29, 1.82) is 0 Å². The van der Waals surface area contributed by atoms with Crippen LogP contribution in [-0.4, -0.2) is 23.3 Å². The average molecular weight is 427 g/mol. The number of halogens is 3. The van der Waals surface area contributed by atoms with Gasteiger partial charge >= 0.3 is 18.4 Å². The van der Waals surface area contributed by atoms with Crippen LogP contribution in [0.15, 0.2) is 48.5 Å². The number of nitrogens with one attached hydrogen (secondary N) is 1. The summed E-state index contributed by atoms with van der Waals surface area (Å²) < 4.78 is 84.1. The van der Waals surface area contributed by atoms with Gasteiger partial charge < -0.3 is 15.2 Å². The Bertz CT molecular complexity index is 1100. The van der Waals surface area contributed by atoms with Gasteiger partial charge in [-0.2, -0.15) is 13.2 Å². The molecule has 6 nitrogen and oxygen atoms in total. The molecule has 1 aliphatic rings. The Labute approximate surface area is 178 Å². The Morgan fingerprint density at radius 3 is 2.67 bits per heavy atom. The predicted octanol–water partition coefficient (Wildman–Crippen LogP) is 5.34. The summed E-state index contributed by atoms with van der Waals surface area (Å²) in [7, 11) is 0. The summed E-state index contributed by atoms with van der Waals surface area (Å²) in [4.78, 5) is 24.9. The summed E-state index contributed by atoms with van der Waals surface area (Å²) in [5, 5.41) is 12.1. The molecule has 9 heteroatoms. The maximum atomic E-state index is 13.4. The van der Waals surface area contributed by atoms with Crippen molar-refractivity contribution in [2.75, 3.05) is 4.90 Å². The third-order valence-corrected chi connectivity index (χ3v) is 4.64. The highest BCUT2D eigenvalue weighted by molar-refractivity contribution is 5.89. The first-order chi connectivity index (χ1) is 16.1. The third kappa shape index (κ3) is 4.67. The number of amides is 2. The molecule has 3 rings (SSSR count). The lowest BCUT2D eigenvalue weighted by Crippen LogP contribution is -2.47. The molecule has 0 bridgehead atoms. The van der Waals surface area contributed by atoms with Crippen LogP contribution in [0, 0.1) is 0 Å². The van der Waals surface area contributed by atoms with E-state index in [1.165, 1.54) is 0 Å². The van der Waals surface area contributed by atoms with Crippen molar-refractivity contribution in [2.24, 2.45) is 0 Å². The fourth-order valence-corrected chi connectivity index (χ4v) is 3.26. The van der Waals surface area contributed by atoms with Crippen LogP contribution in [0.3, 0.4) is 0 Å². The average Bonchev–Trinajstić information content (AvgIpc) is 2.76. The molecule has 2 aromatic carbocycles. The zero-order chi connectivity index (χ0) is 26.2. The topological polar surface area (TPSA) is 78.9 Å². The number of carbonyl (C=O) groups excluding carboxylic acids is 1. The van der Waals surface area contributed by atoms with E-state index in [4.69, 9.17) is 11.6 Å². The Morgan fingerprint density at radius 1 is 1.30 bits per heavy atom. The van der Waals surface area contributed by atoms with Crippen LogP contribution in [-0.2, 0) is 17.5 Å². The van der Waals surface area contributed by atoms with Crippen molar-refractivity contribution in [2.45, 2.75) is 44.5 Å². The van der Waals surface area contributed by atoms with Gasteiger partial charge in [0, 0.05) is 12.9 Å². The first kappa shape index (κ1) is 15.6. The Balaban J connectivity index is 2.01. The van der Waals surface area contributed by atoms with E-state index in [2.05, 4.69) is 5.32 Å². The number of benzene rings is 2. The van der Waals surface area contributed by atoms with Gasteiger partial charge in [-0.05, 0) is 42.1 Å². The molecule has 2 amide bonds. The van der Waals surface area contributed by atoms with Gasteiger partial charge in [0.15, 0.2) is 0 Å². The molecule has 0 fully saturated rings. The van der Waals surface area contributed by atoms with Gasteiger partial charge in [-0.1, -0.05) is 37.2 Å². The van der Waals surface area contributed by atoms with Gasteiger partial charge in [-0.15, -0.1) is 0 Å². The van der Waals surface area contributed by atoms with Gasteiger partial charge in [0.05, 0.1) is 17.3 Å². The molecule has 30 heavy (non-hydrogen) atoms. The summed E-state index contributed by atoms with van der Waals surface area (Å²) in [6.45, 7) is -3.44. The van der Waals surface area contributed by atoms with Gasteiger partial charge in [0.1, 0.15) is 6.61 Å². The number of carbonyl (C=O) groups is 2. The number of ether oxygens (including phenoxy) is 1. The highest BCUT2D eigenvalue weighted by atomic mass is 19.4. The fraction of sp³-hybridized carbons (Fsp3) is 0.333. The fourth-order valence-electron chi connectivity index (χ4n) is 3.26. The molecule has 0 saturated carbocycles. The van der Waals surface area contributed by atoms with Crippen LogP contribution in [0.25, 0.3) is 0 Å². The molecule has 2 aromatic rings. The molecule has 0 aromatic heterocycles. The summed E-state index contributed by atoms with van der Waals surface area (Å²) in [6, 6.07) is 7.34. The van der Waals surface area contributed by atoms with Crippen LogP contribution in [0.2, 0.25) is 0 Å². The van der Waals surface area contributed by atoms with E-state index in [0.717, 1.165) is 6.07 Å². The summed E-state index contributed by atoms with van der Waals surface area (Å²) in [6.07, 6.45) is -11.3. The highest BCUT2D eigenvalue weighted by Gasteiger charge is 2.39. The summed E-state index contributed by atoms with van der Waals surface area (Å²) in [5.74, 6) is 0. The number of rotatable bonds is 4. The molecule has 2 N–H and O–H groups in total. The minimum atomic E-state index is -4.79. The minimum Gasteiger partial charge on any atom is -0.465 e. The number of hydrogen-bond donors (Lipinski definition) is 2. The molecule has 0 radical (unpaired) electrons. The van der Waals surface area contributed by atoms with Crippen molar-refractivity contribution >= 4 is 17.9 Å².